The van der Waals surface area contributed by atoms with Crippen molar-refractivity contribution in [2.45, 2.75) is 0 Å². The summed E-state index contributed by atoms with van der Waals surface area (Å²) in [5.41, 5.74) is 2.06. The molecule has 1 N–H and O–H groups in total. The Hall–Kier alpha value is -2.15. The van der Waals surface area contributed by atoms with Gasteiger partial charge in [0.25, 0.3) is 0 Å². The average molecular weight is 369 g/mol. The molecule has 0 bridgehead atoms. The molecule has 0 amide bonds. The van der Waals surface area contributed by atoms with E-state index in [0.29, 0.717) is 6.61 Å². The Kier molecular flexibility index (Phi) is 5.06. The standard InChI is InChI=1S/C20H23N3O2S/c1-22-7-9-23(10-8-22)20-17-6-13-26-19(17)14-18(21-20)15-2-4-16(5-3-15)25-12-11-24/h2-6,13-14,24H,7-12H2,1H3. The van der Waals surface area contributed by atoms with Crippen LogP contribution in [0.5, 0.6) is 5.75 Å². The third kappa shape index (κ3) is 3.53. The number of hydrogen-bond donors (Lipinski definition) is 1. The number of thiophene rings is 1. The molecular weight excluding hydrogens is 346 g/mol. The normalized spacial score (nSPS) is 15.5. The molecule has 1 aliphatic rings. The summed E-state index contributed by atoms with van der Waals surface area (Å²) in [7, 11) is 2.17. The molecule has 0 spiro atoms. The van der Waals surface area contributed by atoms with Crippen molar-refractivity contribution in [2.24, 2.45) is 0 Å². The molecule has 0 atom stereocenters. The van der Waals surface area contributed by atoms with E-state index in [1.807, 2.05) is 24.3 Å². The minimum atomic E-state index is 0.0206. The first-order valence-corrected chi connectivity index (χ1v) is 9.78. The highest BCUT2D eigenvalue weighted by atomic mass is 32.1. The molecule has 3 aromatic rings. The summed E-state index contributed by atoms with van der Waals surface area (Å²) in [4.78, 5) is 9.77. The van der Waals surface area contributed by atoms with Crippen molar-refractivity contribution < 1.29 is 9.84 Å². The van der Waals surface area contributed by atoms with Gasteiger partial charge in [0.2, 0.25) is 0 Å². The second-order valence-corrected chi connectivity index (χ2v) is 7.50. The summed E-state index contributed by atoms with van der Waals surface area (Å²) >= 11 is 1.76. The van der Waals surface area contributed by atoms with Gasteiger partial charge in [0, 0.05) is 41.8 Å². The first kappa shape index (κ1) is 17.3. The average Bonchev–Trinajstić information content (AvgIpc) is 3.15. The van der Waals surface area contributed by atoms with Crippen LogP contribution < -0.4 is 9.64 Å². The Morgan fingerprint density at radius 1 is 1.12 bits per heavy atom. The van der Waals surface area contributed by atoms with Crippen molar-refractivity contribution in [1.82, 2.24) is 9.88 Å². The van der Waals surface area contributed by atoms with Crippen molar-refractivity contribution >= 4 is 27.2 Å². The fraction of sp³-hybridized carbons (Fsp3) is 0.350. The summed E-state index contributed by atoms with van der Waals surface area (Å²) in [6.07, 6.45) is 0. The van der Waals surface area contributed by atoms with Gasteiger partial charge in [-0.15, -0.1) is 11.3 Å². The number of aromatic nitrogens is 1. The summed E-state index contributed by atoms with van der Waals surface area (Å²) < 4.78 is 6.72. The number of likely N-dealkylation sites (N-methyl/N-ethyl adjacent to an activating group) is 1. The largest absolute Gasteiger partial charge is 0.491 e. The predicted molar refractivity (Wildman–Crippen MR) is 107 cm³/mol. The molecule has 136 valence electrons. The molecule has 0 saturated carbocycles. The van der Waals surface area contributed by atoms with Crippen LogP contribution in [0.4, 0.5) is 5.82 Å². The Bertz CT molecular complexity index is 870. The van der Waals surface area contributed by atoms with E-state index in [2.05, 4.69) is 34.4 Å². The van der Waals surface area contributed by atoms with Crippen LogP contribution in [0.3, 0.4) is 0 Å². The highest BCUT2D eigenvalue weighted by Gasteiger charge is 2.19. The molecule has 0 aliphatic carbocycles. The highest BCUT2D eigenvalue weighted by molar-refractivity contribution is 7.17. The maximum atomic E-state index is 8.87. The van der Waals surface area contributed by atoms with Crippen LogP contribution in [-0.2, 0) is 0 Å². The third-order valence-corrected chi connectivity index (χ3v) is 5.61. The number of piperazine rings is 1. The number of aliphatic hydroxyl groups excluding tert-OH is 1. The fourth-order valence-corrected chi connectivity index (χ4v) is 4.06. The summed E-state index contributed by atoms with van der Waals surface area (Å²) in [6, 6.07) is 12.3. The first-order valence-electron chi connectivity index (χ1n) is 8.90. The Labute approximate surface area is 157 Å². The number of pyridine rings is 1. The zero-order valence-corrected chi connectivity index (χ0v) is 15.7. The molecule has 1 aromatic carbocycles. The van der Waals surface area contributed by atoms with Gasteiger partial charge in [-0.25, -0.2) is 4.98 Å². The van der Waals surface area contributed by atoms with Crippen LogP contribution in [0.2, 0.25) is 0 Å². The molecule has 26 heavy (non-hydrogen) atoms. The van der Waals surface area contributed by atoms with Gasteiger partial charge in [-0.1, -0.05) is 0 Å². The molecule has 4 rings (SSSR count). The lowest BCUT2D eigenvalue weighted by molar-refractivity contribution is 0.201. The number of anilines is 1. The molecule has 3 heterocycles. The van der Waals surface area contributed by atoms with Gasteiger partial charge in [-0.05, 0) is 48.8 Å². The van der Waals surface area contributed by atoms with Gasteiger partial charge >= 0.3 is 0 Å². The Morgan fingerprint density at radius 2 is 1.88 bits per heavy atom. The maximum absolute atomic E-state index is 8.87. The van der Waals surface area contributed by atoms with Crippen LogP contribution in [0.15, 0.2) is 41.8 Å². The summed E-state index contributed by atoms with van der Waals surface area (Å²) in [5.74, 6) is 1.85. The topological polar surface area (TPSA) is 48.8 Å². The molecule has 6 heteroatoms. The molecule has 5 nitrogen and oxygen atoms in total. The summed E-state index contributed by atoms with van der Waals surface area (Å²) in [6.45, 7) is 4.47. The zero-order valence-electron chi connectivity index (χ0n) is 14.9. The highest BCUT2D eigenvalue weighted by Crippen LogP contribution is 2.34. The molecule has 2 aromatic heterocycles. The van der Waals surface area contributed by atoms with E-state index < -0.39 is 0 Å². The van der Waals surface area contributed by atoms with Crippen molar-refractivity contribution in [3.8, 4) is 17.0 Å². The molecule has 1 fully saturated rings. The van der Waals surface area contributed by atoms with E-state index in [1.165, 1.54) is 10.1 Å². The van der Waals surface area contributed by atoms with Gasteiger partial charge in [-0.3, -0.25) is 0 Å². The van der Waals surface area contributed by atoms with Gasteiger partial charge < -0.3 is 19.6 Å². The quantitative estimate of drug-likeness (QED) is 0.749. The van der Waals surface area contributed by atoms with Gasteiger partial charge in [0.05, 0.1) is 12.3 Å². The van der Waals surface area contributed by atoms with Crippen molar-refractivity contribution in [1.29, 1.82) is 0 Å². The van der Waals surface area contributed by atoms with Crippen LogP contribution in [0.1, 0.15) is 0 Å². The molecule has 1 saturated heterocycles. The van der Waals surface area contributed by atoms with E-state index in [1.54, 1.807) is 11.3 Å². The lowest BCUT2D eigenvalue weighted by atomic mass is 10.1. The monoisotopic (exact) mass is 369 g/mol. The maximum Gasteiger partial charge on any atom is 0.138 e. The lowest BCUT2D eigenvalue weighted by Crippen LogP contribution is -2.44. The van der Waals surface area contributed by atoms with Gasteiger partial charge in [0.15, 0.2) is 0 Å². The second-order valence-electron chi connectivity index (χ2n) is 6.55. The van der Waals surface area contributed by atoms with E-state index in [9.17, 15) is 0 Å². The number of fused-ring (bicyclic) bond motifs is 1. The van der Waals surface area contributed by atoms with E-state index >= 15 is 0 Å². The smallest absolute Gasteiger partial charge is 0.138 e. The number of rotatable bonds is 5. The minimum absolute atomic E-state index is 0.0206. The van der Waals surface area contributed by atoms with Crippen LogP contribution in [0, 0.1) is 0 Å². The number of hydrogen-bond acceptors (Lipinski definition) is 6. The minimum Gasteiger partial charge on any atom is -0.491 e. The molecule has 1 aliphatic heterocycles. The van der Waals surface area contributed by atoms with E-state index in [4.69, 9.17) is 14.8 Å². The molecule has 0 unspecified atom stereocenters. The molecular formula is C20H23N3O2S. The van der Waals surface area contributed by atoms with Crippen molar-refractivity contribution in [2.75, 3.05) is 51.3 Å². The number of nitrogens with zero attached hydrogens (tertiary/aromatic N) is 3. The SMILES string of the molecule is CN1CCN(c2nc(-c3ccc(OCCO)cc3)cc3sccc23)CC1. The molecule has 0 radical (unpaired) electrons. The number of benzene rings is 1. The second kappa shape index (κ2) is 7.61. The predicted octanol–water partition coefficient (Wildman–Crippen LogP) is 3.09. The van der Waals surface area contributed by atoms with Gasteiger partial charge in [0.1, 0.15) is 18.2 Å². The number of ether oxygens (including phenoxy) is 1. The zero-order chi connectivity index (χ0) is 17.9. The van der Waals surface area contributed by atoms with E-state index in [-0.39, 0.29) is 6.61 Å². The number of aliphatic hydroxyl groups is 1. The first-order chi connectivity index (χ1) is 12.7. The van der Waals surface area contributed by atoms with Crippen molar-refractivity contribution in [3.63, 3.8) is 0 Å². The van der Waals surface area contributed by atoms with Gasteiger partial charge in [-0.2, -0.15) is 0 Å². The Balaban J connectivity index is 1.67. The van der Waals surface area contributed by atoms with E-state index in [0.717, 1.165) is 49.0 Å². The van der Waals surface area contributed by atoms with Crippen LogP contribution >= 0.6 is 11.3 Å². The van der Waals surface area contributed by atoms with Crippen molar-refractivity contribution in [3.05, 3.63) is 41.8 Å². The lowest BCUT2D eigenvalue weighted by Gasteiger charge is -2.33. The summed E-state index contributed by atoms with van der Waals surface area (Å²) in [5, 5.41) is 12.3. The van der Waals surface area contributed by atoms with Crippen LogP contribution in [-0.4, -0.2) is 61.4 Å². The fourth-order valence-electron chi connectivity index (χ4n) is 3.24. The Morgan fingerprint density at radius 3 is 2.62 bits per heavy atom. The third-order valence-electron chi connectivity index (χ3n) is 4.74. The van der Waals surface area contributed by atoms with Crippen LogP contribution in [0.25, 0.3) is 21.3 Å².